The molecule has 1 aliphatic heterocycles. The standard InChI is InChI=1S/C16H20ClNO3/c1-10(12-4-6-13(17)7-5-12)18-9-14-8-15(11(2)21-14)16(19)20-3/h4-7,10,14,18H,8-9H2,1-3H3/t10-,14+/m0/s1. The lowest BCUT2D eigenvalue weighted by Gasteiger charge is -2.18. The van der Waals surface area contributed by atoms with E-state index >= 15 is 0 Å². The zero-order valence-electron chi connectivity index (χ0n) is 12.5. The molecule has 0 aromatic heterocycles. The smallest absolute Gasteiger partial charge is 0.337 e. The van der Waals surface area contributed by atoms with Gasteiger partial charge in [-0.2, -0.15) is 0 Å². The highest BCUT2D eigenvalue weighted by atomic mass is 35.5. The van der Waals surface area contributed by atoms with Gasteiger partial charge in [-0.3, -0.25) is 0 Å². The predicted octanol–water partition coefficient (Wildman–Crippen LogP) is 3.23. The van der Waals surface area contributed by atoms with Crippen LogP contribution < -0.4 is 5.32 Å². The molecule has 114 valence electrons. The highest BCUT2D eigenvalue weighted by molar-refractivity contribution is 6.30. The Bertz CT molecular complexity index is 539. The van der Waals surface area contributed by atoms with E-state index in [-0.39, 0.29) is 18.1 Å². The fraction of sp³-hybridized carbons (Fsp3) is 0.438. The largest absolute Gasteiger partial charge is 0.493 e. The fourth-order valence-corrected chi connectivity index (χ4v) is 2.50. The first kappa shape index (κ1) is 15.9. The van der Waals surface area contributed by atoms with Crippen molar-refractivity contribution in [3.05, 3.63) is 46.2 Å². The van der Waals surface area contributed by atoms with Crippen LogP contribution in [0.4, 0.5) is 0 Å². The molecule has 0 aliphatic carbocycles. The monoisotopic (exact) mass is 309 g/mol. The minimum Gasteiger partial charge on any atom is -0.493 e. The Morgan fingerprint density at radius 3 is 2.76 bits per heavy atom. The molecule has 4 nitrogen and oxygen atoms in total. The number of nitrogens with one attached hydrogen (secondary N) is 1. The predicted molar refractivity (Wildman–Crippen MR) is 82.1 cm³/mol. The van der Waals surface area contributed by atoms with E-state index in [0.29, 0.717) is 24.3 Å². The number of carbonyl (C=O) groups is 1. The molecule has 1 N–H and O–H groups in total. The summed E-state index contributed by atoms with van der Waals surface area (Å²) < 4.78 is 10.4. The van der Waals surface area contributed by atoms with Gasteiger partial charge in [0.05, 0.1) is 12.7 Å². The highest BCUT2D eigenvalue weighted by Crippen LogP contribution is 2.26. The SMILES string of the molecule is COC(=O)C1=C(C)O[C@@H](CN[C@@H](C)c2ccc(Cl)cc2)C1. The van der Waals surface area contributed by atoms with Gasteiger partial charge < -0.3 is 14.8 Å². The van der Waals surface area contributed by atoms with E-state index in [4.69, 9.17) is 21.1 Å². The van der Waals surface area contributed by atoms with Crippen molar-refractivity contribution in [2.75, 3.05) is 13.7 Å². The number of hydrogen-bond acceptors (Lipinski definition) is 4. The third-order valence-electron chi connectivity index (χ3n) is 3.65. The molecular formula is C16H20ClNO3. The van der Waals surface area contributed by atoms with Crippen LogP contribution >= 0.6 is 11.6 Å². The maximum Gasteiger partial charge on any atom is 0.337 e. The van der Waals surface area contributed by atoms with Gasteiger partial charge in [0, 0.05) is 24.0 Å². The molecular weight excluding hydrogens is 290 g/mol. The zero-order valence-corrected chi connectivity index (χ0v) is 13.2. The molecule has 0 saturated carbocycles. The summed E-state index contributed by atoms with van der Waals surface area (Å²) in [6.45, 7) is 4.55. The Morgan fingerprint density at radius 2 is 2.14 bits per heavy atom. The Kier molecular flexibility index (Phi) is 5.26. The van der Waals surface area contributed by atoms with E-state index in [1.54, 1.807) is 6.92 Å². The van der Waals surface area contributed by atoms with Gasteiger partial charge >= 0.3 is 5.97 Å². The summed E-state index contributed by atoms with van der Waals surface area (Å²) in [6, 6.07) is 7.94. The number of esters is 1. The van der Waals surface area contributed by atoms with E-state index in [9.17, 15) is 4.79 Å². The first-order chi connectivity index (χ1) is 10.0. The molecule has 5 heteroatoms. The van der Waals surface area contributed by atoms with Gasteiger partial charge in [0.25, 0.3) is 0 Å². The van der Waals surface area contributed by atoms with E-state index in [1.807, 2.05) is 24.3 Å². The maximum atomic E-state index is 11.6. The minimum absolute atomic E-state index is 0.0335. The van der Waals surface area contributed by atoms with Crippen LogP contribution in [-0.2, 0) is 14.3 Å². The van der Waals surface area contributed by atoms with Gasteiger partial charge in [0.2, 0.25) is 0 Å². The van der Waals surface area contributed by atoms with Crippen molar-refractivity contribution in [3.8, 4) is 0 Å². The molecule has 0 fully saturated rings. The number of methoxy groups -OCH3 is 1. The molecule has 1 aromatic rings. The fourth-order valence-electron chi connectivity index (χ4n) is 2.38. The normalized spacial score (nSPS) is 19.3. The van der Waals surface area contributed by atoms with Crippen LogP contribution in [0.5, 0.6) is 0 Å². The average Bonchev–Trinajstić information content (AvgIpc) is 2.86. The Hall–Kier alpha value is -1.52. The van der Waals surface area contributed by atoms with Crippen molar-refractivity contribution < 1.29 is 14.3 Å². The molecule has 1 aliphatic rings. The summed E-state index contributed by atoms with van der Waals surface area (Å²) in [5.41, 5.74) is 1.79. The molecule has 0 spiro atoms. The number of halogens is 1. The number of ether oxygens (including phenoxy) is 2. The molecule has 2 rings (SSSR count). The van der Waals surface area contributed by atoms with Gasteiger partial charge in [-0.25, -0.2) is 4.79 Å². The van der Waals surface area contributed by atoms with E-state index in [1.165, 1.54) is 7.11 Å². The lowest BCUT2D eigenvalue weighted by atomic mass is 10.1. The van der Waals surface area contributed by atoms with Crippen LogP contribution in [0.3, 0.4) is 0 Å². The van der Waals surface area contributed by atoms with Crippen LogP contribution in [0.25, 0.3) is 0 Å². The average molecular weight is 310 g/mol. The summed E-state index contributed by atoms with van der Waals surface area (Å²) >= 11 is 5.88. The molecule has 0 bridgehead atoms. The molecule has 0 radical (unpaired) electrons. The molecule has 0 saturated heterocycles. The van der Waals surface area contributed by atoms with E-state index < -0.39 is 0 Å². The second-order valence-corrected chi connectivity index (χ2v) is 5.59. The van der Waals surface area contributed by atoms with Gasteiger partial charge in [-0.1, -0.05) is 23.7 Å². The van der Waals surface area contributed by atoms with Crippen LogP contribution in [0.2, 0.25) is 5.02 Å². The Labute approximate surface area is 130 Å². The summed E-state index contributed by atoms with van der Waals surface area (Å²) in [4.78, 5) is 11.6. The molecule has 0 unspecified atom stereocenters. The van der Waals surface area contributed by atoms with Crippen LogP contribution in [0, 0.1) is 0 Å². The van der Waals surface area contributed by atoms with Crippen molar-refractivity contribution in [2.45, 2.75) is 32.4 Å². The van der Waals surface area contributed by atoms with Crippen LogP contribution in [0.1, 0.15) is 31.9 Å². The van der Waals surface area contributed by atoms with Crippen molar-refractivity contribution in [3.63, 3.8) is 0 Å². The van der Waals surface area contributed by atoms with E-state index in [0.717, 1.165) is 10.6 Å². The first-order valence-electron chi connectivity index (χ1n) is 6.94. The van der Waals surface area contributed by atoms with Gasteiger partial charge in [-0.15, -0.1) is 0 Å². The number of hydrogen-bond donors (Lipinski definition) is 1. The third-order valence-corrected chi connectivity index (χ3v) is 3.91. The van der Waals surface area contributed by atoms with Crippen molar-refractivity contribution >= 4 is 17.6 Å². The lowest BCUT2D eigenvalue weighted by Crippen LogP contribution is -2.29. The third kappa shape index (κ3) is 3.99. The lowest BCUT2D eigenvalue weighted by molar-refractivity contribution is -0.136. The molecule has 0 amide bonds. The first-order valence-corrected chi connectivity index (χ1v) is 7.32. The number of carbonyl (C=O) groups excluding carboxylic acids is 1. The zero-order chi connectivity index (χ0) is 15.4. The number of benzene rings is 1. The van der Waals surface area contributed by atoms with Crippen molar-refractivity contribution in [1.82, 2.24) is 5.32 Å². The maximum absolute atomic E-state index is 11.6. The van der Waals surface area contributed by atoms with E-state index in [2.05, 4.69) is 12.2 Å². The van der Waals surface area contributed by atoms with Gasteiger partial charge in [0.1, 0.15) is 11.9 Å². The Morgan fingerprint density at radius 1 is 1.48 bits per heavy atom. The molecule has 1 heterocycles. The molecule has 2 atom stereocenters. The van der Waals surface area contributed by atoms with Crippen molar-refractivity contribution in [2.24, 2.45) is 0 Å². The second-order valence-electron chi connectivity index (χ2n) is 5.15. The van der Waals surface area contributed by atoms with Gasteiger partial charge in [-0.05, 0) is 31.5 Å². The van der Waals surface area contributed by atoms with Crippen LogP contribution in [0.15, 0.2) is 35.6 Å². The number of allylic oxidation sites excluding steroid dienone is 1. The molecule has 21 heavy (non-hydrogen) atoms. The summed E-state index contributed by atoms with van der Waals surface area (Å²) in [5, 5.41) is 4.14. The minimum atomic E-state index is -0.305. The summed E-state index contributed by atoms with van der Waals surface area (Å²) in [6.07, 6.45) is 0.549. The van der Waals surface area contributed by atoms with Gasteiger partial charge in [0.15, 0.2) is 0 Å². The highest BCUT2D eigenvalue weighted by Gasteiger charge is 2.28. The number of rotatable bonds is 5. The van der Waals surface area contributed by atoms with Crippen molar-refractivity contribution in [1.29, 1.82) is 0 Å². The quantitative estimate of drug-likeness (QED) is 0.848. The Balaban J connectivity index is 1.85. The van der Waals surface area contributed by atoms with Crippen LogP contribution in [-0.4, -0.2) is 25.7 Å². The summed E-state index contributed by atoms with van der Waals surface area (Å²) in [5.74, 6) is 0.355. The summed E-state index contributed by atoms with van der Waals surface area (Å²) in [7, 11) is 1.39. The second kappa shape index (κ2) is 6.96. The molecule has 1 aromatic carbocycles. The topological polar surface area (TPSA) is 47.6 Å².